The molecule has 0 unspecified atom stereocenters. The molecule has 2 N–H and O–H groups in total. The fourth-order valence-electron chi connectivity index (χ4n) is 2.03. The van der Waals surface area contributed by atoms with Gasteiger partial charge in [0.05, 0.1) is 5.56 Å². The van der Waals surface area contributed by atoms with E-state index in [1.54, 1.807) is 0 Å². The van der Waals surface area contributed by atoms with Gasteiger partial charge < -0.3 is 10.3 Å². The Kier molecular flexibility index (Phi) is 3.51. The Morgan fingerprint density at radius 2 is 1.80 bits per heavy atom. The number of aromatic nitrogens is 1. The second-order valence-electron chi connectivity index (χ2n) is 4.29. The van der Waals surface area contributed by atoms with Crippen molar-refractivity contribution in [3.05, 3.63) is 58.0 Å². The first-order valence-electron chi connectivity index (χ1n) is 5.92. The number of rotatable bonds is 2. The number of anilines is 1. The topological polar surface area (TPSA) is 52.0 Å². The number of benzene rings is 2. The number of nitrogens with two attached hydrogens (primary N) is 1. The number of halogens is 2. The van der Waals surface area contributed by atoms with Crippen LogP contribution in [0.1, 0.15) is 0 Å². The van der Waals surface area contributed by atoms with Gasteiger partial charge in [0, 0.05) is 15.1 Å². The average molecular weight is 350 g/mol. The molecule has 0 radical (unpaired) electrons. The van der Waals surface area contributed by atoms with Gasteiger partial charge in [-0.15, -0.1) is 0 Å². The zero-order valence-electron chi connectivity index (χ0n) is 10.3. The molecular formula is C15H10BrClN2O. The summed E-state index contributed by atoms with van der Waals surface area (Å²) in [6, 6.07) is 15.2. The Bertz CT molecular complexity index is 753. The minimum atomic E-state index is 0.299. The molecule has 0 saturated carbocycles. The summed E-state index contributed by atoms with van der Waals surface area (Å²) >= 11 is 9.36. The van der Waals surface area contributed by atoms with Crippen molar-refractivity contribution in [3.63, 3.8) is 0 Å². The van der Waals surface area contributed by atoms with E-state index in [0.717, 1.165) is 21.2 Å². The van der Waals surface area contributed by atoms with Crippen LogP contribution >= 0.6 is 27.5 Å². The third-order valence-corrected chi connectivity index (χ3v) is 3.69. The first-order chi connectivity index (χ1) is 9.65. The number of nitrogens with zero attached hydrogens (tertiary/aromatic N) is 1. The third-order valence-electron chi connectivity index (χ3n) is 2.95. The first-order valence-corrected chi connectivity index (χ1v) is 7.09. The molecule has 100 valence electrons. The molecule has 0 aliphatic heterocycles. The van der Waals surface area contributed by atoms with Crippen molar-refractivity contribution in [1.29, 1.82) is 0 Å². The molecule has 2 aromatic carbocycles. The molecule has 3 aromatic rings. The van der Waals surface area contributed by atoms with Crippen LogP contribution in [-0.4, -0.2) is 5.16 Å². The van der Waals surface area contributed by atoms with Crippen molar-refractivity contribution >= 4 is 33.4 Å². The Morgan fingerprint density at radius 3 is 2.50 bits per heavy atom. The van der Waals surface area contributed by atoms with E-state index in [2.05, 4.69) is 21.1 Å². The molecule has 0 spiro atoms. The van der Waals surface area contributed by atoms with Crippen molar-refractivity contribution in [2.45, 2.75) is 0 Å². The molecule has 0 fully saturated rings. The molecule has 0 aliphatic carbocycles. The van der Waals surface area contributed by atoms with Crippen LogP contribution in [0.5, 0.6) is 0 Å². The van der Waals surface area contributed by atoms with E-state index in [1.807, 2.05) is 48.5 Å². The lowest BCUT2D eigenvalue weighted by atomic mass is 10.0. The van der Waals surface area contributed by atoms with Crippen LogP contribution in [-0.2, 0) is 0 Å². The maximum atomic E-state index is 5.92. The summed E-state index contributed by atoms with van der Waals surface area (Å²) in [6.45, 7) is 0. The Labute approximate surface area is 129 Å². The molecule has 0 atom stereocenters. The summed E-state index contributed by atoms with van der Waals surface area (Å²) in [5, 5.41) is 4.74. The van der Waals surface area contributed by atoms with E-state index in [0.29, 0.717) is 16.6 Å². The zero-order valence-corrected chi connectivity index (χ0v) is 12.6. The predicted molar refractivity (Wildman–Crippen MR) is 84.5 cm³/mol. The Hall–Kier alpha value is -1.78. The molecular weight excluding hydrogens is 340 g/mol. The van der Waals surface area contributed by atoms with Gasteiger partial charge in [-0.2, -0.15) is 0 Å². The summed E-state index contributed by atoms with van der Waals surface area (Å²) in [5.74, 6) is 0.299. The van der Waals surface area contributed by atoms with E-state index < -0.39 is 0 Å². The lowest BCUT2D eigenvalue weighted by molar-refractivity contribution is 0.439. The number of hydrogen-bond donors (Lipinski definition) is 1. The highest BCUT2D eigenvalue weighted by molar-refractivity contribution is 9.10. The highest BCUT2D eigenvalue weighted by atomic mass is 79.9. The monoisotopic (exact) mass is 348 g/mol. The van der Waals surface area contributed by atoms with Gasteiger partial charge >= 0.3 is 0 Å². The molecule has 20 heavy (non-hydrogen) atoms. The van der Waals surface area contributed by atoms with Crippen LogP contribution in [0.25, 0.3) is 22.4 Å². The minimum absolute atomic E-state index is 0.299. The van der Waals surface area contributed by atoms with E-state index in [-0.39, 0.29) is 0 Å². The van der Waals surface area contributed by atoms with Gasteiger partial charge in [-0.3, -0.25) is 0 Å². The van der Waals surface area contributed by atoms with Crippen molar-refractivity contribution in [1.82, 2.24) is 5.16 Å². The van der Waals surface area contributed by atoms with Gasteiger partial charge in [-0.25, -0.2) is 0 Å². The molecule has 0 bridgehead atoms. The average Bonchev–Trinajstić information content (AvgIpc) is 2.81. The lowest BCUT2D eigenvalue weighted by Crippen LogP contribution is -1.87. The van der Waals surface area contributed by atoms with Gasteiger partial charge in [0.2, 0.25) is 5.88 Å². The van der Waals surface area contributed by atoms with Crippen LogP contribution in [0.4, 0.5) is 5.88 Å². The van der Waals surface area contributed by atoms with Crippen LogP contribution in [0.15, 0.2) is 57.5 Å². The minimum Gasteiger partial charge on any atom is -0.367 e. The highest BCUT2D eigenvalue weighted by Crippen LogP contribution is 2.37. The van der Waals surface area contributed by atoms with Crippen molar-refractivity contribution < 1.29 is 4.52 Å². The quantitative estimate of drug-likeness (QED) is 0.708. The molecule has 0 aliphatic rings. The van der Waals surface area contributed by atoms with Crippen LogP contribution in [0.3, 0.4) is 0 Å². The maximum absolute atomic E-state index is 5.92. The molecule has 5 heteroatoms. The van der Waals surface area contributed by atoms with Crippen LogP contribution in [0.2, 0.25) is 5.02 Å². The molecule has 1 aromatic heterocycles. The summed E-state index contributed by atoms with van der Waals surface area (Å²) < 4.78 is 6.12. The molecule has 0 amide bonds. The first kappa shape index (κ1) is 13.2. The zero-order chi connectivity index (χ0) is 14.1. The summed E-state index contributed by atoms with van der Waals surface area (Å²) in [5.41, 5.74) is 9.27. The number of hydrogen-bond acceptors (Lipinski definition) is 3. The van der Waals surface area contributed by atoms with Gasteiger partial charge in [-0.05, 0) is 29.8 Å². The molecule has 1 heterocycles. The smallest absolute Gasteiger partial charge is 0.230 e. The second kappa shape index (κ2) is 5.31. The molecule has 0 saturated heterocycles. The number of nitrogen functional groups attached to an aromatic ring is 1. The molecule has 3 nitrogen and oxygen atoms in total. The van der Waals surface area contributed by atoms with Gasteiger partial charge in [0.15, 0.2) is 0 Å². The second-order valence-corrected chi connectivity index (χ2v) is 5.64. The van der Waals surface area contributed by atoms with Crippen molar-refractivity contribution in [3.8, 4) is 22.4 Å². The molecule has 3 rings (SSSR count). The lowest BCUT2D eigenvalue weighted by Gasteiger charge is -2.03. The Balaban J connectivity index is 2.17. The predicted octanol–water partition coefficient (Wildman–Crippen LogP) is 5.01. The van der Waals surface area contributed by atoms with Gasteiger partial charge in [-0.1, -0.05) is 57.0 Å². The normalized spacial score (nSPS) is 10.7. The van der Waals surface area contributed by atoms with Gasteiger partial charge in [0.25, 0.3) is 0 Å². The van der Waals surface area contributed by atoms with Gasteiger partial charge in [0.1, 0.15) is 5.69 Å². The standard InChI is InChI=1S/C15H10BrClN2O/c16-11-3-1-2-10(8-11)13-14(19-20-15(13)18)9-4-6-12(17)7-5-9/h1-8H,18H2. The van der Waals surface area contributed by atoms with Crippen molar-refractivity contribution in [2.24, 2.45) is 0 Å². The van der Waals surface area contributed by atoms with Crippen molar-refractivity contribution in [2.75, 3.05) is 5.73 Å². The van der Waals surface area contributed by atoms with E-state index >= 15 is 0 Å². The van der Waals surface area contributed by atoms with E-state index in [4.69, 9.17) is 21.9 Å². The fourth-order valence-corrected chi connectivity index (χ4v) is 2.56. The summed E-state index contributed by atoms with van der Waals surface area (Å²) in [7, 11) is 0. The maximum Gasteiger partial charge on any atom is 0.230 e. The van der Waals surface area contributed by atoms with E-state index in [1.165, 1.54) is 0 Å². The van der Waals surface area contributed by atoms with Crippen LogP contribution < -0.4 is 5.73 Å². The van der Waals surface area contributed by atoms with Crippen LogP contribution in [0, 0.1) is 0 Å². The largest absolute Gasteiger partial charge is 0.367 e. The highest BCUT2D eigenvalue weighted by Gasteiger charge is 2.17. The SMILES string of the molecule is Nc1onc(-c2ccc(Cl)cc2)c1-c1cccc(Br)c1. The summed E-state index contributed by atoms with van der Waals surface area (Å²) in [4.78, 5) is 0. The fraction of sp³-hybridized carbons (Fsp3) is 0. The third kappa shape index (κ3) is 2.44. The Morgan fingerprint density at radius 1 is 1.05 bits per heavy atom. The van der Waals surface area contributed by atoms with E-state index in [9.17, 15) is 0 Å². The summed E-state index contributed by atoms with van der Waals surface area (Å²) in [6.07, 6.45) is 0.